The average Bonchev–Trinajstić information content (AvgIpc) is 2.59. The highest BCUT2D eigenvalue weighted by atomic mass is 35.5. The summed E-state index contributed by atoms with van der Waals surface area (Å²) in [6.07, 6.45) is 5.90. The summed E-state index contributed by atoms with van der Waals surface area (Å²) >= 11 is 12.2. The number of pyridine rings is 2. The second kappa shape index (κ2) is 8.50. The van der Waals surface area contributed by atoms with Crippen LogP contribution in [0.1, 0.15) is 11.1 Å². The molecule has 2 heterocycles. The molecule has 1 N–H and O–H groups in total. The molecule has 0 aliphatic carbocycles. The topological polar surface area (TPSA) is 88.3 Å². The Labute approximate surface area is 148 Å². The highest BCUT2D eigenvalue weighted by Crippen LogP contribution is 2.31. The van der Waals surface area contributed by atoms with Crippen LogP contribution in [0.3, 0.4) is 0 Å². The van der Waals surface area contributed by atoms with E-state index in [-0.39, 0.29) is 24.7 Å². The molecule has 0 aliphatic rings. The number of nitrogens with zero attached hydrogens (tertiary/aromatic N) is 3. The molecule has 0 saturated heterocycles. The molecule has 0 radical (unpaired) electrons. The van der Waals surface area contributed by atoms with Crippen LogP contribution in [-0.4, -0.2) is 35.4 Å². The highest BCUT2D eigenvalue weighted by Gasteiger charge is 2.12. The van der Waals surface area contributed by atoms with Crippen LogP contribution in [0.2, 0.25) is 10.0 Å². The van der Waals surface area contributed by atoms with Crippen LogP contribution in [-0.2, 0) is 0 Å². The summed E-state index contributed by atoms with van der Waals surface area (Å²) in [5.74, 6) is 0.571. The molecule has 0 atom stereocenters. The fourth-order valence-electron chi connectivity index (χ4n) is 1.88. The number of methoxy groups -OCH3 is 1. The number of ether oxygens (including phenoxy) is 2. The second-order valence-corrected chi connectivity index (χ2v) is 5.30. The lowest BCUT2D eigenvalue weighted by Gasteiger charge is -2.10. The van der Waals surface area contributed by atoms with E-state index in [2.05, 4.69) is 16.0 Å². The summed E-state index contributed by atoms with van der Waals surface area (Å²) in [6.45, 7) is -0.0777. The number of halogens is 2. The first-order valence-corrected chi connectivity index (χ1v) is 7.55. The molecule has 124 valence electrons. The highest BCUT2D eigenvalue weighted by molar-refractivity contribution is 6.37. The fourth-order valence-corrected chi connectivity index (χ4v) is 2.35. The van der Waals surface area contributed by atoms with Gasteiger partial charge in [-0.2, -0.15) is 5.26 Å². The van der Waals surface area contributed by atoms with Crippen molar-refractivity contribution in [1.29, 1.82) is 5.26 Å². The SMILES string of the molecule is COc1ncc(C(C#N)=Cc2c(Cl)cncc2Cl)cc1OCCO. The van der Waals surface area contributed by atoms with Crippen LogP contribution >= 0.6 is 23.2 Å². The molecule has 2 rings (SSSR count). The van der Waals surface area contributed by atoms with Gasteiger partial charge in [0.25, 0.3) is 5.88 Å². The van der Waals surface area contributed by atoms with E-state index in [0.29, 0.717) is 26.9 Å². The second-order valence-electron chi connectivity index (χ2n) is 4.49. The Kier molecular flexibility index (Phi) is 6.38. The van der Waals surface area contributed by atoms with E-state index in [1.807, 2.05) is 0 Å². The molecular formula is C16H13Cl2N3O3. The Hall–Kier alpha value is -2.33. The molecule has 0 amide bonds. The minimum absolute atomic E-state index is 0.0785. The smallest absolute Gasteiger partial charge is 0.256 e. The molecule has 0 bridgehead atoms. The lowest BCUT2D eigenvalue weighted by molar-refractivity contribution is 0.195. The molecule has 0 unspecified atom stereocenters. The molecule has 0 aliphatic heterocycles. The maximum atomic E-state index is 9.46. The molecule has 6 nitrogen and oxygen atoms in total. The quantitative estimate of drug-likeness (QED) is 0.790. The van der Waals surface area contributed by atoms with Crippen LogP contribution < -0.4 is 9.47 Å². The molecule has 0 fully saturated rings. The first-order valence-electron chi connectivity index (χ1n) is 6.79. The van der Waals surface area contributed by atoms with Gasteiger partial charge in [0.15, 0.2) is 5.75 Å². The van der Waals surface area contributed by atoms with Crippen LogP contribution in [0.15, 0.2) is 24.7 Å². The summed E-state index contributed by atoms with van der Waals surface area (Å²) in [6, 6.07) is 3.68. The van der Waals surface area contributed by atoms with Gasteiger partial charge in [0, 0.05) is 29.7 Å². The van der Waals surface area contributed by atoms with Gasteiger partial charge in [0.2, 0.25) is 0 Å². The summed E-state index contributed by atoms with van der Waals surface area (Å²) in [5, 5.41) is 19.0. The zero-order valence-corrected chi connectivity index (χ0v) is 14.2. The Morgan fingerprint density at radius 3 is 2.62 bits per heavy atom. The minimum Gasteiger partial charge on any atom is -0.486 e. The minimum atomic E-state index is -0.156. The summed E-state index contributed by atoms with van der Waals surface area (Å²) in [7, 11) is 1.45. The van der Waals surface area contributed by atoms with Gasteiger partial charge in [-0.15, -0.1) is 0 Å². The number of hydrogen-bond acceptors (Lipinski definition) is 6. The molecule has 0 aromatic carbocycles. The Morgan fingerprint density at radius 1 is 1.33 bits per heavy atom. The third-order valence-electron chi connectivity index (χ3n) is 2.97. The molecule has 2 aromatic rings. The standard InChI is InChI=1S/C16H13Cl2N3O3/c1-23-16-15(24-3-2-22)5-11(7-21-16)10(6-19)4-12-13(17)8-20-9-14(12)18/h4-5,7-9,22H,2-3H2,1H3. The lowest BCUT2D eigenvalue weighted by atomic mass is 10.1. The summed E-state index contributed by atoms with van der Waals surface area (Å²) in [5.41, 5.74) is 1.27. The van der Waals surface area contributed by atoms with Crippen LogP contribution in [0.4, 0.5) is 0 Å². The number of allylic oxidation sites excluding steroid dienone is 1. The molecular weight excluding hydrogens is 353 g/mol. The first-order chi connectivity index (χ1) is 11.6. The van der Waals surface area contributed by atoms with Crippen molar-refractivity contribution in [3.63, 3.8) is 0 Å². The van der Waals surface area contributed by atoms with Crippen molar-refractivity contribution in [3.05, 3.63) is 45.8 Å². The van der Waals surface area contributed by atoms with Crippen LogP contribution in [0, 0.1) is 11.3 Å². The van der Waals surface area contributed by atoms with E-state index in [4.69, 9.17) is 37.8 Å². The van der Waals surface area contributed by atoms with Crippen molar-refractivity contribution in [2.45, 2.75) is 0 Å². The Balaban J connectivity index is 2.48. The number of aromatic nitrogens is 2. The first kappa shape index (κ1) is 18.0. The van der Waals surface area contributed by atoms with Crippen LogP contribution in [0.5, 0.6) is 11.6 Å². The Bertz CT molecular complexity index is 783. The van der Waals surface area contributed by atoms with E-state index in [1.54, 1.807) is 12.1 Å². The predicted molar refractivity (Wildman–Crippen MR) is 91.1 cm³/mol. The summed E-state index contributed by atoms with van der Waals surface area (Å²) < 4.78 is 10.5. The molecule has 2 aromatic heterocycles. The largest absolute Gasteiger partial charge is 0.486 e. The fraction of sp³-hybridized carbons (Fsp3) is 0.188. The number of aliphatic hydroxyl groups excluding tert-OH is 1. The molecule has 24 heavy (non-hydrogen) atoms. The third-order valence-corrected chi connectivity index (χ3v) is 3.57. The predicted octanol–water partition coefficient (Wildman–Crippen LogP) is 3.23. The van der Waals surface area contributed by atoms with Gasteiger partial charge in [0.05, 0.1) is 35.4 Å². The molecule has 0 spiro atoms. The van der Waals surface area contributed by atoms with E-state index in [9.17, 15) is 5.26 Å². The average molecular weight is 366 g/mol. The van der Waals surface area contributed by atoms with Crippen molar-refractivity contribution in [3.8, 4) is 17.7 Å². The zero-order valence-electron chi connectivity index (χ0n) is 12.7. The van der Waals surface area contributed by atoms with Gasteiger partial charge in [-0.3, -0.25) is 4.98 Å². The number of nitriles is 1. The zero-order chi connectivity index (χ0) is 17.5. The van der Waals surface area contributed by atoms with E-state index >= 15 is 0 Å². The number of rotatable bonds is 6. The maximum absolute atomic E-state index is 9.46. The Morgan fingerprint density at radius 2 is 2.04 bits per heavy atom. The van der Waals surface area contributed by atoms with Crippen LogP contribution in [0.25, 0.3) is 11.6 Å². The van der Waals surface area contributed by atoms with Gasteiger partial charge in [0.1, 0.15) is 6.61 Å². The molecule has 8 heteroatoms. The van der Waals surface area contributed by atoms with E-state index < -0.39 is 0 Å². The van der Waals surface area contributed by atoms with E-state index in [0.717, 1.165) is 0 Å². The van der Waals surface area contributed by atoms with Gasteiger partial charge < -0.3 is 14.6 Å². The van der Waals surface area contributed by atoms with Gasteiger partial charge in [-0.05, 0) is 12.1 Å². The van der Waals surface area contributed by atoms with Gasteiger partial charge in [-0.25, -0.2) is 4.98 Å². The van der Waals surface area contributed by atoms with Gasteiger partial charge >= 0.3 is 0 Å². The van der Waals surface area contributed by atoms with Crippen molar-refractivity contribution in [2.75, 3.05) is 20.3 Å². The lowest BCUT2D eigenvalue weighted by Crippen LogP contribution is -2.04. The van der Waals surface area contributed by atoms with Crippen molar-refractivity contribution >= 4 is 34.9 Å². The van der Waals surface area contributed by atoms with Crippen molar-refractivity contribution in [2.24, 2.45) is 0 Å². The number of hydrogen-bond donors (Lipinski definition) is 1. The number of aliphatic hydroxyl groups is 1. The summed E-state index contributed by atoms with van der Waals surface area (Å²) in [4.78, 5) is 7.98. The molecule has 0 saturated carbocycles. The van der Waals surface area contributed by atoms with Gasteiger partial charge in [-0.1, -0.05) is 23.2 Å². The third kappa shape index (κ3) is 4.15. The maximum Gasteiger partial charge on any atom is 0.256 e. The monoisotopic (exact) mass is 365 g/mol. The normalized spacial score (nSPS) is 11.0. The van der Waals surface area contributed by atoms with Crippen molar-refractivity contribution in [1.82, 2.24) is 9.97 Å². The van der Waals surface area contributed by atoms with E-state index in [1.165, 1.54) is 25.7 Å². The van der Waals surface area contributed by atoms with Crippen molar-refractivity contribution < 1.29 is 14.6 Å².